The Hall–Kier alpha value is -0.730. The van der Waals surface area contributed by atoms with Crippen LogP contribution in [0, 0.1) is 6.92 Å². The third-order valence-corrected chi connectivity index (χ3v) is 2.06. The quantitative estimate of drug-likeness (QED) is 0.671. The molecule has 2 heterocycles. The zero-order chi connectivity index (χ0) is 8.55. The van der Waals surface area contributed by atoms with Crippen molar-refractivity contribution in [3.8, 4) is 0 Å². The fraction of sp³-hybridized carbons (Fsp3) is 0.222. The molecule has 0 aliphatic carbocycles. The number of pyridine rings is 1. The van der Waals surface area contributed by atoms with Crippen LogP contribution in [0.15, 0.2) is 24.5 Å². The van der Waals surface area contributed by atoms with E-state index in [1.807, 2.05) is 28.9 Å². The standard InChI is InChI=1S/C9H9ClN2.ClH/c1-7-2-3-9-11-8(4-10)6-12(9)5-7;/h2-3,5-6H,4H2,1H3;1H. The maximum Gasteiger partial charge on any atom is 0.137 e. The molecule has 0 saturated heterocycles. The van der Waals surface area contributed by atoms with E-state index in [4.69, 9.17) is 11.6 Å². The zero-order valence-corrected chi connectivity index (χ0v) is 8.77. The van der Waals surface area contributed by atoms with E-state index in [1.165, 1.54) is 5.56 Å². The summed E-state index contributed by atoms with van der Waals surface area (Å²) in [4.78, 5) is 4.30. The number of nitrogens with zero attached hydrogens (tertiary/aromatic N) is 2. The Kier molecular flexibility index (Phi) is 3.17. The first-order valence-electron chi connectivity index (χ1n) is 3.80. The van der Waals surface area contributed by atoms with Crippen LogP contribution < -0.4 is 0 Å². The lowest BCUT2D eigenvalue weighted by Gasteiger charge is -1.92. The fourth-order valence-electron chi connectivity index (χ4n) is 1.22. The SMILES string of the molecule is Cc1ccc2nc(CCl)cn2c1.Cl. The lowest BCUT2D eigenvalue weighted by molar-refractivity contribution is 1.15. The Bertz CT molecular complexity index is 409. The maximum atomic E-state index is 5.66. The molecule has 0 radical (unpaired) electrons. The van der Waals surface area contributed by atoms with Gasteiger partial charge in [0.05, 0.1) is 11.6 Å². The van der Waals surface area contributed by atoms with E-state index in [9.17, 15) is 0 Å². The third kappa shape index (κ3) is 1.95. The summed E-state index contributed by atoms with van der Waals surface area (Å²) in [5, 5.41) is 0. The van der Waals surface area contributed by atoms with E-state index >= 15 is 0 Å². The van der Waals surface area contributed by atoms with Crippen LogP contribution in [-0.4, -0.2) is 9.38 Å². The van der Waals surface area contributed by atoms with Crippen LogP contribution in [0.2, 0.25) is 0 Å². The van der Waals surface area contributed by atoms with Crippen molar-refractivity contribution in [3.63, 3.8) is 0 Å². The number of hydrogen-bond acceptors (Lipinski definition) is 1. The lowest BCUT2D eigenvalue weighted by Crippen LogP contribution is -1.82. The molecule has 0 amide bonds. The largest absolute Gasteiger partial charge is 0.307 e. The van der Waals surface area contributed by atoms with Crippen LogP contribution in [0.3, 0.4) is 0 Å². The van der Waals surface area contributed by atoms with Gasteiger partial charge in [-0.2, -0.15) is 0 Å². The second-order valence-corrected chi connectivity index (χ2v) is 3.11. The van der Waals surface area contributed by atoms with Crippen molar-refractivity contribution in [1.82, 2.24) is 9.38 Å². The number of imidazole rings is 1. The number of fused-ring (bicyclic) bond motifs is 1. The molecule has 70 valence electrons. The van der Waals surface area contributed by atoms with E-state index in [0.717, 1.165) is 11.3 Å². The molecule has 0 unspecified atom stereocenters. The maximum absolute atomic E-state index is 5.66. The minimum atomic E-state index is 0. The van der Waals surface area contributed by atoms with Gasteiger partial charge in [0.2, 0.25) is 0 Å². The predicted octanol–water partition coefficient (Wildman–Crippen LogP) is 2.80. The van der Waals surface area contributed by atoms with E-state index in [2.05, 4.69) is 11.9 Å². The van der Waals surface area contributed by atoms with Crippen LogP contribution in [0.25, 0.3) is 5.65 Å². The normalized spacial score (nSPS) is 10.0. The first-order valence-corrected chi connectivity index (χ1v) is 4.33. The van der Waals surface area contributed by atoms with Crippen molar-refractivity contribution in [3.05, 3.63) is 35.8 Å². The molecule has 13 heavy (non-hydrogen) atoms. The van der Waals surface area contributed by atoms with Crippen molar-refractivity contribution in [2.75, 3.05) is 0 Å². The van der Waals surface area contributed by atoms with Crippen molar-refractivity contribution < 1.29 is 0 Å². The monoisotopic (exact) mass is 216 g/mol. The van der Waals surface area contributed by atoms with E-state index in [0.29, 0.717) is 5.88 Å². The highest BCUT2D eigenvalue weighted by molar-refractivity contribution is 6.16. The Labute approximate surface area is 88.0 Å². The van der Waals surface area contributed by atoms with Gasteiger partial charge in [0.25, 0.3) is 0 Å². The van der Waals surface area contributed by atoms with Gasteiger partial charge in [-0.3, -0.25) is 0 Å². The molecule has 0 saturated carbocycles. The van der Waals surface area contributed by atoms with Gasteiger partial charge in [-0.05, 0) is 18.6 Å². The average molecular weight is 217 g/mol. The van der Waals surface area contributed by atoms with E-state index in [-0.39, 0.29) is 12.4 Å². The highest BCUT2D eigenvalue weighted by Crippen LogP contribution is 2.08. The Morgan fingerprint density at radius 2 is 2.15 bits per heavy atom. The lowest BCUT2D eigenvalue weighted by atomic mass is 10.3. The van der Waals surface area contributed by atoms with Gasteiger partial charge in [0.1, 0.15) is 5.65 Å². The van der Waals surface area contributed by atoms with Crippen molar-refractivity contribution >= 4 is 29.7 Å². The molecule has 2 rings (SSSR count). The van der Waals surface area contributed by atoms with Gasteiger partial charge in [0, 0.05) is 12.4 Å². The van der Waals surface area contributed by atoms with Crippen LogP contribution in [0.5, 0.6) is 0 Å². The van der Waals surface area contributed by atoms with Crippen LogP contribution in [0.1, 0.15) is 11.3 Å². The smallest absolute Gasteiger partial charge is 0.137 e. The van der Waals surface area contributed by atoms with Crippen molar-refractivity contribution in [1.29, 1.82) is 0 Å². The summed E-state index contributed by atoms with van der Waals surface area (Å²) >= 11 is 5.66. The molecule has 0 atom stereocenters. The summed E-state index contributed by atoms with van der Waals surface area (Å²) in [6.45, 7) is 2.06. The van der Waals surface area contributed by atoms with Gasteiger partial charge in [0.15, 0.2) is 0 Å². The second-order valence-electron chi connectivity index (χ2n) is 2.84. The van der Waals surface area contributed by atoms with Gasteiger partial charge in [-0.1, -0.05) is 6.07 Å². The number of halogens is 2. The molecular formula is C9H10Cl2N2. The number of hydrogen-bond donors (Lipinski definition) is 0. The summed E-state index contributed by atoms with van der Waals surface area (Å²) in [5.41, 5.74) is 3.10. The number of rotatable bonds is 1. The molecule has 0 aliphatic heterocycles. The van der Waals surface area contributed by atoms with E-state index < -0.39 is 0 Å². The molecule has 0 bridgehead atoms. The first kappa shape index (κ1) is 10.4. The highest BCUT2D eigenvalue weighted by atomic mass is 35.5. The highest BCUT2D eigenvalue weighted by Gasteiger charge is 1.98. The fourth-order valence-corrected chi connectivity index (χ4v) is 1.35. The number of aromatic nitrogens is 2. The molecule has 0 aliphatic rings. The first-order chi connectivity index (χ1) is 5.79. The minimum Gasteiger partial charge on any atom is -0.307 e. The Balaban J connectivity index is 0.000000845. The summed E-state index contributed by atoms with van der Waals surface area (Å²) in [6, 6.07) is 4.03. The molecule has 0 N–H and O–H groups in total. The Morgan fingerprint density at radius 3 is 2.85 bits per heavy atom. The molecule has 0 spiro atoms. The second kappa shape index (κ2) is 3.99. The number of alkyl halides is 1. The summed E-state index contributed by atoms with van der Waals surface area (Å²) in [5.74, 6) is 0.473. The van der Waals surface area contributed by atoms with Gasteiger partial charge >= 0.3 is 0 Å². The van der Waals surface area contributed by atoms with Gasteiger partial charge in [-0.15, -0.1) is 24.0 Å². The number of aryl methyl sites for hydroxylation is 1. The van der Waals surface area contributed by atoms with Crippen molar-refractivity contribution in [2.45, 2.75) is 12.8 Å². The van der Waals surface area contributed by atoms with E-state index in [1.54, 1.807) is 0 Å². The molecule has 2 nitrogen and oxygen atoms in total. The molecular weight excluding hydrogens is 207 g/mol. The summed E-state index contributed by atoms with van der Waals surface area (Å²) < 4.78 is 1.99. The van der Waals surface area contributed by atoms with Crippen LogP contribution in [0.4, 0.5) is 0 Å². The minimum absolute atomic E-state index is 0. The molecule has 2 aromatic heterocycles. The topological polar surface area (TPSA) is 17.3 Å². The molecule has 2 aromatic rings. The Morgan fingerprint density at radius 1 is 1.38 bits per heavy atom. The average Bonchev–Trinajstić information content (AvgIpc) is 2.46. The van der Waals surface area contributed by atoms with Crippen LogP contribution >= 0.6 is 24.0 Å². The summed E-state index contributed by atoms with van der Waals surface area (Å²) in [6.07, 6.45) is 3.99. The molecule has 0 aromatic carbocycles. The van der Waals surface area contributed by atoms with Crippen LogP contribution in [-0.2, 0) is 5.88 Å². The molecule has 0 fully saturated rings. The third-order valence-electron chi connectivity index (χ3n) is 1.79. The predicted molar refractivity (Wildman–Crippen MR) is 56.7 cm³/mol. The van der Waals surface area contributed by atoms with Gasteiger partial charge < -0.3 is 4.40 Å². The zero-order valence-electron chi connectivity index (χ0n) is 7.20. The molecule has 4 heteroatoms. The van der Waals surface area contributed by atoms with Gasteiger partial charge in [-0.25, -0.2) is 4.98 Å². The van der Waals surface area contributed by atoms with Crippen molar-refractivity contribution in [2.24, 2.45) is 0 Å². The summed E-state index contributed by atoms with van der Waals surface area (Å²) in [7, 11) is 0.